The van der Waals surface area contributed by atoms with E-state index in [-0.39, 0.29) is 5.91 Å². The first-order chi connectivity index (χ1) is 11.7. The molecule has 5 heteroatoms. The van der Waals surface area contributed by atoms with Gasteiger partial charge in [-0.05, 0) is 12.8 Å². The van der Waals surface area contributed by atoms with Gasteiger partial charge in [0.05, 0.1) is 17.0 Å². The zero-order chi connectivity index (χ0) is 16.9. The van der Waals surface area contributed by atoms with Gasteiger partial charge in [0, 0.05) is 24.4 Å². The number of rotatable bonds is 6. The first-order valence-corrected chi connectivity index (χ1v) is 8.45. The van der Waals surface area contributed by atoms with Gasteiger partial charge in [-0.3, -0.25) is 4.79 Å². The number of amides is 1. The van der Waals surface area contributed by atoms with Crippen molar-refractivity contribution in [2.75, 3.05) is 6.54 Å². The molecular formula is C19H22N4O. The van der Waals surface area contributed by atoms with Gasteiger partial charge in [-0.15, -0.1) is 0 Å². The van der Waals surface area contributed by atoms with Crippen LogP contribution in [-0.2, 0) is 6.42 Å². The van der Waals surface area contributed by atoms with E-state index in [0.717, 1.165) is 35.4 Å². The predicted octanol–water partition coefficient (Wildman–Crippen LogP) is 3.49. The van der Waals surface area contributed by atoms with E-state index in [1.807, 2.05) is 43.3 Å². The Hall–Kier alpha value is -2.69. The van der Waals surface area contributed by atoms with Gasteiger partial charge < -0.3 is 5.32 Å². The lowest BCUT2D eigenvalue weighted by atomic mass is 10.1. The van der Waals surface area contributed by atoms with Gasteiger partial charge in [-0.1, -0.05) is 50.6 Å². The normalized spacial score (nSPS) is 10.9. The molecular weight excluding hydrogens is 300 g/mol. The number of unbranched alkanes of at least 4 members (excludes halogenated alkanes) is 1. The molecule has 2 heterocycles. The lowest BCUT2D eigenvalue weighted by Crippen LogP contribution is -2.26. The van der Waals surface area contributed by atoms with Gasteiger partial charge in [0.15, 0.2) is 5.65 Å². The molecule has 0 radical (unpaired) electrons. The second-order valence-corrected chi connectivity index (χ2v) is 5.75. The maximum atomic E-state index is 12.4. The Morgan fingerprint density at radius 1 is 1.21 bits per heavy atom. The molecule has 1 amide bonds. The van der Waals surface area contributed by atoms with E-state index in [4.69, 9.17) is 0 Å². The molecule has 0 aliphatic heterocycles. The minimum absolute atomic E-state index is 0.0774. The molecule has 124 valence electrons. The number of nitrogens with zero attached hydrogens (tertiary/aromatic N) is 3. The second-order valence-electron chi connectivity index (χ2n) is 5.75. The molecule has 24 heavy (non-hydrogen) atoms. The van der Waals surface area contributed by atoms with E-state index >= 15 is 0 Å². The fourth-order valence-corrected chi connectivity index (χ4v) is 2.73. The summed E-state index contributed by atoms with van der Waals surface area (Å²) in [6.45, 7) is 4.82. The van der Waals surface area contributed by atoms with Gasteiger partial charge >= 0.3 is 0 Å². The Labute approximate surface area is 141 Å². The quantitative estimate of drug-likeness (QED) is 0.707. The average molecular weight is 322 g/mol. The summed E-state index contributed by atoms with van der Waals surface area (Å²) < 4.78 is 1.79. The standard InChI is InChI=1S/C19H22N4O/c1-3-5-11-20-19(24)15-13-21-18-12-16(14-9-7-6-8-10-14)22-23(18)17(15)4-2/h6-10,12-13H,3-5,11H2,1-2H3,(H,20,24). The first kappa shape index (κ1) is 16.2. The predicted molar refractivity (Wildman–Crippen MR) is 95.0 cm³/mol. The molecule has 2 aromatic heterocycles. The Morgan fingerprint density at radius 2 is 2.00 bits per heavy atom. The van der Waals surface area contributed by atoms with Crippen molar-refractivity contribution >= 4 is 11.6 Å². The van der Waals surface area contributed by atoms with Crippen LogP contribution in [0.25, 0.3) is 16.9 Å². The molecule has 0 fully saturated rings. The molecule has 1 aromatic carbocycles. The number of aromatic nitrogens is 3. The van der Waals surface area contributed by atoms with Crippen LogP contribution >= 0.6 is 0 Å². The summed E-state index contributed by atoms with van der Waals surface area (Å²) >= 11 is 0. The lowest BCUT2D eigenvalue weighted by molar-refractivity contribution is 0.0951. The second kappa shape index (κ2) is 7.25. The number of aryl methyl sites for hydroxylation is 1. The highest BCUT2D eigenvalue weighted by Crippen LogP contribution is 2.20. The SMILES string of the molecule is CCCCNC(=O)c1cnc2cc(-c3ccccc3)nn2c1CC. The van der Waals surface area contributed by atoms with E-state index in [0.29, 0.717) is 18.5 Å². The van der Waals surface area contributed by atoms with Crippen molar-refractivity contribution in [3.05, 3.63) is 53.9 Å². The molecule has 0 bridgehead atoms. The number of carbonyl (C=O) groups excluding carboxylic acids is 1. The molecule has 0 unspecified atom stereocenters. The van der Waals surface area contributed by atoms with Crippen LogP contribution in [-0.4, -0.2) is 27.0 Å². The molecule has 5 nitrogen and oxygen atoms in total. The Kier molecular flexibility index (Phi) is 4.89. The average Bonchev–Trinajstić information content (AvgIpc) is 3.06. The summed E-state index contributed by atoms with van der Waals surface area (Å²) in [5.41, 5.74) is 4.15. The molecule has 0 saturated carbocycles. The monoisotopic (exact) mass is 322 g/mol. The van der Waals surface area contributed by atoms with Crippen LogP contribution in [0.15, 0.2) is 42.6 Å². The highest BCUT2D eigenvalue weighted by molar-refractivity contribution is 5.95. The minimum Gasteiger partial charge on any atom is -0.352 e. The van der Waals surface area contributed by atoms with Gasteiger partial charge in [0.1, 0.15) is 0 Å². The highest BCUT2D eigenvalue weighted by Gasteiger charge is 2.16. The fraction of sp³-hybridized carbons (Fsp3) is 0.316. The van der Waals surface area contributed by atoms with Crippen LogP contribution in [0.4, 0.5) is 0 Å². The summed E-state index contributed by atoms with van der Waals surface area (Å²) in [6.07, 6.45) is 4.40. The Morgan fingerprint density at radius 3 is 2.71 bits per heavy atom. The zero-order valence-corrected chi connectivity index (χ0v) is 14.1. The summed E-state index contributed by atoms with van der Waals surface area (Å²) in [5.74, 6) is -0.0774. The summed E-state index contributed by atoms with van der Waals surface area (Å²) in [6, 6.07) is 11.9. The number of hydrogen-bond acceptors (Lipinski definition) is 3. The van der Waals surface area contributed by atoms with Crippen molar-refractivity contribution in [1.29, 1.82) is 0 Å². The van der Waals surface area contributed by atoms with E-state index < -0.39 is 0 Å². The molecule has 0 aliphatic carbocycles. The van der Waals surface area contributed by atoms with Crippen LogP contribution in [0.5, 0.6) is 0 Å². The fourth-order valence-electron chi connectivity index (χ4n) is 2.73. The Bertz CT molecular complexity index is 839. The lowest BCUT2D eigenvalue weighted by Gasteiger charge is -2.09. The number of benzene rings is 1. The summed E-state index contributed by atoms with van der Waals surface area (Å²) in [4.78, 5) is 16.9. The third-order valence-corrected chi connectivity index (χ3v) is 4.05. The largest absolute Gasteiger partial charge is 0.352 e. The molecule has 0 spiro atoms. The zero-order valence-electron chi connectivity index (χ0n) is 14.1. The van der Waals surface area contributed by atoms with E-state index in [1.54, 1.807) is 10.7 Å². The summed E-state index contributed by atoms with van der Waals surface area (Å²) in [5, 5.41) is 7.63. The Balaban J connectivity index is 1.99. The number of hydrogen-bond donors (Lipinski definition) is 1. The minimum atomic E-state index is -0.0774. The van der Waals surface area contributed by atoms with Crippen LogP contribution in [0, 0.1) is 0 Å². The molecule has 0 aliphatic rings. The topological polar surface area (TPSA) is 59.3 Å². The van der Waals surface area contributed by atoms with Crippen molar-refractivity contribution in [3.63, 3.8) is 0 Å². The number of nitrogens with one attached hydrogen (secondary N) is 1. The van der Waals surface area contributed by atoms with E-state index in [1.165, 1.54) is 0 Å². The third-order valence-electron chi connectivity index (χ3n) is 4.05. The molecule has 3 rings (SSSR count). The molecule has 3 aromatic rings. The van der Waals surface area contributed by atoms with Gasteiger partial charge in [-0.2, -0.15) is 5.10 Å². The highest BCUT2D eigenvalue weighted by atomic mass is 16.1. The van der Waals surface area contributed by atoms with Crippen molar-refractivity contribution in [3.8, 4) is 11.3 Å². The van der Waals surface area contributed by atoms with Crippen LogP contribution in [0.2, 0.25) is 0 Å². The van der Waals surface area contributed by atoms with Crippen molar-refractivity contribution < 1.29 is 4.79 Å². The maximum absolute atomic E-state index is 12.4. The first-order valence-electron chi connectivity index (χ1n) is 8.45. The molecule has 1 N–H and O–H groups in total. The number of fused-ring (bicyclic) bond motifs is 1. The van der Waals surface area contributed by atoms with Gasteiger partial charge in [0.2, 0.25) is 0 Å². The van der Waals surface area contributed by atoms with Crippen LogP contribution < -0.4 is 5.32 Å². The smallest absolute Gasteiger partial charge is 0.254 e. The maximum Gasteiger partial charge on any atom is 0.254 e. The van der Waals surface area contributed by atoms with Gasteiger partial charge in [0.25, 0.3) is 5.91 Å². The molecule has 0 saturated heterocycles. The molecule has 0 atom stereocenters. The van der Waals surface area contributed by atoms with Crippen molar-refractivity contribution in [2.24, 2.45) is 0 Å². The third kappa shape index (κ3) is 3.15. The van der Waals surface area contributed by atoms with Gasteiger partial charge in [-0.25, -0.2) is 9.50 Å². The van der Waals surface area contributed by atoms with Crippen molar-refractivity contribution in [1.82, 2.24) is 19.9 Å². The van der Waals surface area contributed by atoms with E-state index in [9.17, 15) is 4.79 Å². The summed E-state index contributed by atoms with van der Waals surface area (Å²) in [7, 11) is 0. The van der Waals surface area contributed by atoms with Crippen LogP contribution in [0.1, 0.15) is 42.7 Å². The van der Waals surface area contributed by atoms with Crippen molar-refractivity contribution in [2.45, 2.75) is 33.1 Å². The van der Waals surface area contributed by atoms with Crippen LogP contribution in [0.3, 0.4) is 0 Å². The van der Waals surface area contributed by atoms with E-state index in [2.05, 4.69) is 22.3 Å². The number of carbonyl (C=O) groups is 1.